The standard InChI is InChI=1S/C19H20BrN3OS/c1-10-6-15(7-11(2)17(10)20)23-12(3)8-14(13(23)4)9-16-18(24)22(5)19(25)21-16/h6-9H,1-5H3,(H,21,25)/b16-9-. The summed E-state index contributed by atoms with van der Waals surface area (Å²) in [4.78, 5) is 13.7. The molecule has 1 N–H and O–H groups in total. The predicted octanol–water partition coefficient (Wildman–Crippen LogP) is 4.16. The Balaban J connectivity index is 2.09. The normalized spacial score (nSPS) is 16.1. The molecule has 0 atom stereocenters. The van der Waals surface area contributed by atoms with Crippen LogP contribution >= 0.6 is 28.1 Å². The number of thiocarbonyl (C=S) groups is 1. The van der Waals surface area contributed by atoms with Gasteiger partial charge in [-0.3, -0.25) is 9.69 Å². The monoisotopic (exact) mass is 417 g/mol. The van der Waals surface area contributed by atoms with Crippen LogP contribution in [0.3, 0.4) is 0 Å². The van der Waals surface area contributed by atoms with Crippen molar-refractivity contribution in [2.45, 2.75) is 27.7 Å². The Hall–Kier alpha value is -1.92. The van der Waals surface area contributed by atoms with Crippen LogP contribution in [0.1, 0.15) is 28.1 Å². The third kappa shape index (κ3) is 3.04. The number of aromatic nitrogens is 1. The molecular weight excluding hydrogens is 398 g/mol. The van der Waals surface area contributed by atoms with Crippen molar-refractivity contribution >= 4 is 45.2 Å². The summed E-state index contributed by atoms with van der Waals surface area (Å²) >= 11 is 8.76. The molecule has 25 heavy (non-hydrogen) atoms. The number of carbonyl (C=O) groups is 1. The first-order valence-corrected chi connectivity index (χ1v) is 9.17. The fraction of sp³-hybridized carbons (Fsp3) is 0.263. The first-order chi connectivity index (χ1) is 11.7. The molecule has 130 valence electrons. The number of nitrogens with one attached hydrogen (secondary N) is 1. The van der Waals surface area contributed by atoms with E-state index in [-0.39, 0.29) is 5.91 Å². The molecule has 3 rings (SSSR count). The number of nitrogens with zero attached hydrogens (tertiary/aromatic N) is 2. The van der Waals surface area contributed by atoms with Crippen LogP contribution in [-0.2, 0) is 4.79 Å². The van der Waals surface area contributed by atoms with E-state index in [4.69, 9.17) is 12.2 Å². The molecule has 4 nitrogen and oxygen atoms in total. The van der Waals surface area contributed by atoms with Gasteiger partial charge in [0, 0.05) is 28.6 Å². The zero-order valence-corrected chi connectivity index (χ0v) is 17.3. The number of halogens is 1. The SMILES string of the molecule is Cc1cc(-n2c(C)cc(/C=C3\NC(=S)N(C)C3=O)c2C)cc(C)c1Br. The van der Waals surface area contributed by atoms with Crippen molar-refractivity contribution in [2.24, 2.45) is 0 Å². The molecule has 0 saturated carbocycles. The van der Waals surface area contributed by atoms with Crippen LogP contribution in [0.2, 0.25) is 0 Å². The number of likely N-dealkylation sites (N-methyl/N-ethyl adjacent to an activating group) is 1. The summed E-state index contributed by atoms with van der Waals surface area (Å²) in [6.45, 7) is 8.32. The van der Waals surface area contributed by atoms with E-state index in [9.17, 15) is 4.79 Å². The van der Waals surface area contributed by atoms with Crippen LogP contribution in [0.4, 0.5) is 0 Å². The number of amides is 1. The Bertz CT molecular complexity index is 919. The van der Waals surface area contributed by atoms with E-state index in [0.717, 1.165) is 27.1 Å². The number of hydrogen-bond donors (Lipinski definition) is 1. The summed E-state index contributed by atoms with van der Waals surface area (Å²) < 4.78 is 3.35. The average molecular weight is 418 g/mol. The van der Waals surface area contributed by atoms with Crippen molar-refractivity contribution < 1.29 is 4.79 Å². The number of benzene rings is 1. The molecule has 1 aliphatic heterocycles. The van der Waals surface area contributed by atoms with Crippen molar-refractivity contribution in [3.8, 4) is 5.69 Å². The van der Waals surface area contributed by atoms with Crippen LogP contribution in [-0.4, -0.2) is 27.5 Å². The molecule has 1 saturated heterocycles. The number of rotatable bonds is 2. The van der Waals surface area contributed by atoms with Crippen molar-refractivity contribution in [2.75, 3.05) is 7.05 Å². The lowest BCUT2D eigenvalue weighted by atomic mass is 10.1. The van der Waals surface area contributed by atoms with Gasteiger partial charge in [0.1, 0.15) is 5.70 Å². The van der Waals surface area contributed by atoms with E-state index < -0.39 is 0 Å². The second-order valence-corrected chi connectivity index (χ2v) is 7.59. The van der Waals surface area contributed by atoms with E-state index in [1.54, 1.807) is 7.05 Å². The molecule has 0 radical (unpaired) electrons. The van der Waals surface area contributed by atoms with Crippen molar-refractivity contribution in [1.82, 2.24) is 14.8 Å². The van der Waals surface area contributed by atoms with Crippen molar-refractivity contribution in [1.29, 1.82) is 0 Å². The van der Waals surface area contributed by atoms with Gasteiger partial charge in [0.05, 0.1) is 0 Å². The molecule has 1 aromatic carbocycles. The molecule has 2 heterocycles. The van der Waals surface area contributed by atoms with Crippen molar-refractivity contribution in [3.05, 3.63) is 56.4 Å². The molecule has 6 heteroatoms. The maximum Gasteiger partial charge on any atom is 0.276 e. The highest BCUT2D eigenvalue weighted by Gasteiger charge is 2.27. The van der Waals surface area contributed by atoms with Crippen molar-refractivity contribution in [3.63, 3.8) is 0 Å². The van der Waals surface area contributed by atoms with Crippen LogP contribution in [0.5, 0.6) is 0 Å². The Kier molecular flexibility index (Phi) is 4.60. The molecular formula is C19H20BrN3OS. The van der Waals surface area contributed by atoms with Gasteiger partial charge >= 0.3 is 0 Å². The highest BCUT2D eigenvalue weighted by molar-refractivity contribution is 9.10. The van der Waals surface area contributed by atoms with Gasteiger partial charge in [0.2, 0.25) is 0 Å². The van der Waals surface area contributed by atoms with Crippen LogP contribution in [0, 0.1) is 27.7 Å². The maximum absolute atomic E-state index is 12.2. The lowest BCUT2D eigenvalue weighted by molar-refractivity contribution is -0.121. The Labute approximate surface area is 161 Å². The molecule has 2 aromatic rings. The van der Waals surface area contributed by atoms with Gasteiger partial charge in [0.25, 0.3) is 5.91 Å². The maximum atomic E-state index is 12.2. The fourth-order valence-electron chi connectivity index (χ4n) is 3.16. The van der Waals surface area contributed by atoms with Gasteiger partial charge < -0.3 is 9.88 Å². The van der Waals surface area contributed by atoms with Gasteiger partial charge in [-0.05, 0) is 80.9 Å². The summed E-state index contributed by atoms with van der Waals surface area (Å²) in [6, 6.07) is 6.41. The second kappa shape index (κ2) is 6.42. The summed E-state index contributed by atoms with van der Waals surface area (Å²) in [6.07, 6.45) is 1.87. The van der Waals surface area contributed by atoms with Gasteiger partial charge in [-0.2, -0.15) is 0 Å². The molecule has 1 aliphatic rings. The van der Waals surface area contributed by atoms with Gasteiger partial charge in [-0.25, -0.2) is 0 Å². The van der Waals surface area contributed by atoms with Gasteiger partial charge in [-0.15, -0.1) is 0 Å². The zero-order valence-electron chi connectivity index (χ0n) is 14.9. The number of aryl methyl sites for hydroxylation is 3. The van der Waals surface area contributed by atoms with E-state index in [1.165, 1.54) is 16.0 Å². The zero-order chi connectivity index (χ0) is 18.5. The summed E-state index contributed by atoms with van der Waals surface area (Å²) in [5.41, 5.74) is 7.23. The topological polar surface area (TPSA) is 37.3 Å². The number of carbonyl (C=O) groups excluding carboxylic acids is 1. The van der Waals surface area contributed by atoms with E-state index in [0.29, 0.717) is 10.8 Å². The Morgan fingerprint density at radius 1 is 1.12 bits per heavy atom. The Morgan fingerprint density at radius 2 is 1.72 bits per heavy atom. The third-order valence-electron chi connectivity index (χ3n) is 4.53. The lowest BCUT2D eigenvalue weighted by Crippen LogP contribution is -2.25. The summed E-state index contributed by atoms with van der Waals surface area (Å²) in [5.74, 6) is -0.106. The molecule has 0 unspecified atom stereocenters. The first kappa shape index (κ1) is 17.9. The van der Waals surface area contributed by atoms with Crippen LogP contribution in [0.25, 0.3) is 11.8 Å². The fourth-order valence-corrected chi connectivity index (χ4v) is 3.58. The highest BCUT2D eigenvalue weighted by atomic mass is 79.9. The largest absolute Gasteiger partial charge is 0.328 e. The van der Waals surface area contributed by atoms with Gasteiger partial charge in [-0.1, -0.05) is 15.9 Å². The van der Waals surface area contributed by atoms with Gasteiger partial charge in [0.15, 0.2) is 5.11 Å². The lowest BCUT2D eigenvalue weighted by Gasteiger charge is -2.13. The van der Waals surface area contributed by atoms with E-state index >= 15 is 0 Å². The van der Waals surface area contributed by atoms with Crippen LogP contribution in [0.15, 0.2) is 28.4 Å². The predicted molar refractivity (Wildman–Crippen MR) is 109 cm³/mol. The molecule has 0 spiro atoms. The minimum atomic E-state index is -0.106. The quantitative estimate of drug-likeness (QED) is 0.588. The molecule has 1 fully saturated rings. The third-order valence-corrected chi connectivity index (χ3v) is 6.16. The highest BCUT2D eigenvalue weighted by Crippen LogP contribution is 2.28. The second-order valence-electron chi connectivity index (χ2n) is 6.41. The summed E-state index contributed by atoms with van der Waals surface area (Å²) in [7, 11) is 1.68. The number of hydrogen-bond acceptors (Lipinski definition) is 2. The van der Waals surface area contributed by atoms with E-state index in [1.807, 2.05) is 6.08 Å². The average Bonchev–Trinajstić information content (AvgIpc) is 2.95. The summed E-state index contributed by atoms with van der Waals surface area (Å²) in [5, 5.41) is 3.41. The molecule has 0 bridgehead atoms. The van der Waals surface area contributed by atoms with Crippen LogP contribution < -0.4 is 5.32 Å². The molecule has 1 aromatic heterocycles. The molecule has 0 aliphatic carbocycles. The minimum Gasteiger partial charge on any atom is -0.328 e. The molecule has 1 amide bonds. The minimum absolute atomic E-state index is 0.106. The Morgan fingerprint density at radius 3 is 2.24 bits per heavy atom. The smallest absolute Gasteiger partial charge is 0.276 e. The van der Waals surface area contributed by atoms with E-state index in [2.05, 4.69) is 71.7 Å². The first-order valence-electron chi connectivity index (χ1n) is 7.97.